The van der Waals surface area contributed by atoms with E-state index in [-0.39, 0.29) is 10.8 Å². The SMILES string of the molecule is CCCCn1c(CCC(=O)Nc2cccc3c2CCCC3)nc2cc(S(=O)(=O)N(C)C)ccc21. The number of imidazole rings is 1. The Balaban J connectivity index is 1.55. The van der Waals surface area contributed by atoms with Gasteiger partial charge in [-0.2, -0.15) is 0 Å². The van der Waals surface area contributed by atoms with Gasteiger partial charge in [0.15, 0.2) is 0 Å². The lowest BCUT2D eigenvalue weighted by atomic mass is 9.90. The highest BCUT2D eigenvalue weighted by Gasteiger charge is 2.20. The summed E-state index contributed by atoms with van der Waals surface area (Å²) in [7, 11) is -0.495. The largest absolute Gasteiger partial charge is 0.328 e. The van der Waals surface area contributed by atoms with Crippen LogP contribution in [0.3, 0.4) is 0 Å². The number of carbonyl (C=O) groups is 1. The molecular formula is C26H34N4O3S. The van der Waals surface area contributed by atoms with E-state index in [0.717, 1.165) is 55.7 Å². The van der Waals surface area contributed by atoms with Crippen molar-refractivity contribution in [1.82, 2.24) is 13.9 Å². The number of sulfonamides is 1. The van der Waals surface area contributed by atoms with Gasteiger partial charge in [-0.25, -0.2) is 17.7 Å². The molecule has 0 fully saturated rings. The number of benzene rings is 2. The fraction of sp³-hybridized carbons (Fsp3) is 0.462. The summed E-state index contributed by atoms with van der Waals surface area (Å²) in [4.78, 5) is 17.8. The first-order valence-electron chi connectivity index (χ1n) is 12.1. The number of unbranched alkanes of at least 4 members (excludes halogenated alkanes) is 1. The minimum absolute atomic E-state index is 0.0241. The molecule has 0 aliphatic heterocycles. The van der Waals surface area contributed by atoms with Crippen LogP contribution in [0.1, 0.15) is 56.0 Å². The van der Waals surface area contributed by atoms with Crippen LogP contribution in [0.15, 0.2) is 41.3 Å². The number of aryl methyl sites for hydroxylation is 3. The molecule has 0 unspecified atom stereocenters. The zero-order valence-electron chi connectivity index (χ0n) is 20.3. The van der Waals surface area contributed by atoms with Crippen LogP contribution in [0, 0.1) is 0 Å². The van der Waals surface area contributed by atoms with E-state index in [4.69, 9.17) is 4.98 Å². The summed E-state index contributed by atoms with van der Waals surface area (Å²) in [5.41, 5.74) is 5.09. The Labute approximate surface area is 202 Å². The summed E-state index contributed by atoms with van der Waals surface area (Å²) in [6.07, 6.45) is 7.28. The predicted molar refractivity (Wildman–Crippen MR) is 136 cm³/mol. The van der Waals surface area contributed by atoms with Gasteiger partial charge in [0.2, 0.25) is 15.9 Å². The number of nitrogens with one attached hydrogen (secondary N) is 1. The van der Waals surface area contributed by atoms with Crippen LogP contribution < -0.4 is 5.32 Å². The van der Waals surface area contributed by atoms with E-state index >= 15 is 0 Å². The average Bonchev–Trinajstić information content (AvgIpc) is 3.18. The van der Waals surface area contributed by atoms with Gasteiger partial charge in [-0.3, -0.25) is 4.79 Å². The van der Waals surface area contributed by atoms with Gasteiger partial charge in [0.05, 0.1) is 15.9 Å². The molecule has 0 spiro atoms. The molecule has 1 heterocycles. The van der Waals surface area contributed by atoms with E-state index in [1.807, 2.05) is 18.2 Å². The van der Waals surface area contributed by atoms with E-state index in [0.29, 0.717) is 18.4 Å². The molecule has 0 saturated heterocycles. The Hall–Kier alpha value is -2.71. The molecule has 3 aromatic rings. The van der Waals surface area contributed by atoms with E-state index in [1.165, 1.54) is 35.9 Å². The van der Waals surface area contributed by atoms with Crippen molar-refractivity contribution in [3.8, 4) is 0 Å². The monoisotopic (exact) mass is 482 g/mol. The zero-order valence-corrected chi connectivity index (χ0v) is 21.1. The summed E-state index contributed by atoms with van der Waals surface area (Å²) in [5.74, 6) is 0.789. The van der Waals surface area contributed by atoms with Gasteiger partial charge >= 0.3 is 0 Å². The van der Waals surface area contributed by atoms with Crippen LogP contribution in [0.5, 0.6) is 0 Å². The molecule has 1 N–H and O–H groups in total. The molecule has 0 saturated carbocycles. The lowest BCUT2D eigenvalue weighted by Crippen LogP contribution is -2.22. The maximum atomic E-state index is 12.8. The van der Waals surface area contributed by atoms with Crippen LogP contribution in [0.2, 0.25) is 0 Å². The lowest BCUT2D eigenvalue weighted by molar-refractivity contribution is -0.116. The molecule has 1 aromatic heterocycles. The molecule has 4 rings (SSSR count). The van der Waals surface area contributed by atoms with E-state index < -0.39 is 10.0 Å². The van der Waals surface area contributed by atoms with Gasteiger partial charge in [-0.05, 0) is 67.5 Å². The zero-order chi connectivity index (χ0) is 24.3. The molecule has 7 nitrogen and oxygen atoms in total. The number of aromatic nitrogens is 2. The molecular weight excluding hydrogens is 448 g/mol. The van der Waals surface area contributed by atoms with Gasteiger partial charge in [-0.1, -0.05) is 25.5 Å². The van der Waals surface area contributed by atoms with Gasteiger partial charge in [-0.15, -0.1) is 0 Å². The summed E-state index contributed by atoms with van der Waals surface area (Å²) in [6, 6.07) is 11.3. The third-order valence-electron chi connectivity index (χ3n) is 6.56. The molecule has 34 heavy (non-hydrogen) atoms. The molecule has 1 aliphatic rings. The molecule has 1 amide bonds. The van der Waals surface area contributed by atoms with Crippen LogP contribution in [-0.2, 0) is 40.6 Å². The van der Waals surface area contributed by atoms with Gasteiger partial charge in [0, 0.05) is 39.2 Å². The number of fused-ring (bicyclic) bond motifs is 2. The van der Waals surface area contributed by atoms with Crippen molar-refractivity contribution < 1.29 is 13.2 Å². The van der Waals surface area contributed by atoms with Crippen LogP contribution in [0.25, 0.3) is 11.0 Å². The van der Waals surface area contributed by atoms with Gasteiger partial charge < -0.3 is 9.88 Å². The summed E-state index contributed by atoms with van der Waals surface area (Å²) in [6.45, 7) is 2.92. The summed E-state index contributed by atoms with van der Waals surface area (Å²) in [5, 5.41) is 3.12. The second kappa shape index (κ2) is 10.3. The number of carbonyl (C=O) groups excluding carboxylic acids is 1. The highest BCUT2D eigenvalue weighted by Crippen LogP contribution is 2.28. The fourth-order valence-electron chi connectivity index (χ4n) is 4.62. The number of amides is 1. The van der Waals surface area contributed by atoms with Crippen molar-refractivity contribution in [3.05, 3.63) is 53.3 Å². The topological polar surface area (TPSA) is 84.3 Å². The first-order chi connectivity index (χ1) is 16.3. The van der Waals surface area contributed by atoms with Crippen molar-refractivity contribution in [2.45, 2.75) is 69.7 Å². The Kier molecular flexibility index (Phi) is 7.38. The molecule has 0 radical (unpaired) electrons. The Morgan fingerprint density at radius 2 is 1.94 bits per heavy atom. The molecule has 2 aromatic carbocycles. The second-order valence-electron chi connectivity index (χ2n) is 9.17. The minimum atomic E-state index is -3.54. The Morgan fingerprint density at radius 3 is 2.71 bits per heavy atom. The first kappa shape index (κ1) is 24.4. The minimum Gasteiger partial charge on any atom is -0.328 e. The molecule has 0 bridgehead atoms. The smallest absolute Gasteiger partial charge is 0.242 e. The third-order valence-corrected chi connectivity index (χ3v) is 8.37. The normalized spacial score (nSPS) is 13.9. The van der Waals surface area contributed by atoms with Crippen molar-refractivity contribution in [2.24, 2.45) is 0 Å². The van der Waals surface area contributed by atoms with E-state index in [2.05, 4.69) is 22.9 Å². The standard InChI is InChI=1S/C26H34N4O3S/c1-4-5-17-30-24-14-13-20(34(32,33)29(2)3)18-23(24)27-25(30)15-16-26(31)28-22-12-8-10-19-9-6-7-11-21(19)22/h8,10,12-14,18H,4-7,9,11,15-17H2,1-3H3,(H,28,31). The van der Waals surface area contributed by atoms with Crippen LogP contribution >= 0.6 is 0 Å². The molecule has 8 heteroatoms. The summed E-state index contributed by atoms with van der Waals surface area (Å²) >= 11 is 0. The fourth-order valence-corrected chi connectivity index (χ4v) is 5.55. The number of hydrogen-bond donors (Lipinski definition) is 1. The molecule has 182 valence electrons. The predicted octanol–water partition coefficient (Wildman–Crippen LogP) is 4.54. The van der Waals surface area contributed by atoms with Crippen LogP contribution in [0.4, 0.5) is 5.69 Å². The van der Waals surface area contributed by atoms with Crippen molar-refractivity contribution in [1.29, 1.82) is 0 Å². The van der Waals surface area contributed by atoms with Gasteiger partial charge in [0.25, 0.3) is 0 Å². The number of nitrogens with zero attached hydrogens (tertiary/aromatic N) is 3. The average molecular weight is 483 g/mol. The van der Waals surface area contributed by atoms with Crippen molar-refractivity contribution >= 4 is 32.7 Å². The van der Waals surface area contributed by atoms with Crippen LogP contribution in [-0.4, -0.2) is 42.3 Å². The highest BCUT2D eigenvalue weighted by atomic mass is 32.2. The lowest BCUT2D eigenvalue weighted by Gasteiger charge is -2.19. The number of hydrogen-bond acceptors (Lipinski definition) is 4. The van der Waals surface area contributed by atoms with E-state index in [9.17, 15) is 13.2 Å². The number of rotatable bonds is 9. The molecule has 1 aliphatic carbocycles. The van der Waals surface area contributed by atoms with Gasteiger partial charge in [0.1, 0.15) is 5.82 Å². The Bertz CT molecular complexity index is 1290. The maximum Gasteiger partial charge on any atom is 0.242 e. The van der Waals surface area contributed by atoms with Crippen molar-refractivity contribution in [3.63, 3.8) is 0 Å². The first-order valence-corrected chi connectivity index (χ1v) is 13.6. The molecule has 0 atom stereocenters. The summed E-state index contributed by atoms with van der Waals surface area (Å²) < 4.78 is 28.5. The quantitative estimate of drug-likeness (QED) is 0.485. The highest BCUT2D eigenvalue weighted by molar-refractivity contribution is 7.89. The van der Waals surface area contributed by atoms with Crippen molar-refractivity contribution in [2.75, 3.05) is 19.4 Å². The number of anilines is 1. The third kappa shape index (κ3) is 5.03. The second-order valence-corrected chi connectivity index (χ2v) is 11.3. The van der Waals surface area contributed by atoms with E-state index in [1.54, 1.807) is 12.1 Å². The maximum absolute atomic E-state index is 12.8. The Morgan fingerprint density at radius 1 is 1.15 bits per heavy atom.